The van der Waals surface area contributed by atoms with Crippen LogP contribution in [0, 0.1) is 0 Å². The van der Waals surface area contributed by atoms with Crippen molar-refractivity contribution >= 4 is 5.69 Å². The lowest BCUT2D eigenvalue weighted by Crippen LogP contribution is -2.21. The van der Waals surface area contributed by atoms with Gasteiger partial charge >= 0.3 is 0 Å². The predicted molar refractivity (Wildman–Crippen MR) is 60.7 cm³/mol. The highest BCUT2D eigenvalue weighted by atomic mass is 14.9. The Hall–Kier alpha value is -1.02. The first kappa shape index (κ1) is 9.53. The molecule has 2 nitrogen and oxygen atoms in total. The van der Waals surface area contributed by atoms with E-state index in [9.17, 15) is 0 Å². The zero-order chi connectivity index (χ0) is 9.97. The Labute approximate surface area is 85.7 Å². The first-order valence-corrected chi connectivity index (χ1v) is 5.33. The number of hydrogen-bond donors (Lipinski definition) is 2. The molecular formula is C12H18N2. The Morgan fingerprint density at radius 1 is 1.29 bits per heavy atom. The van der Waals surface area contributed by atoms with Crippen molar-refractivity contribution in [3.8, 4) is 0 Å². The number of anilines is 1. The summed E-state index contributed by atoms with van der Waals surface area (Å²) < 4.78 is 0. The van der Waals surface area contributed by atoms with Crippen molar-refractivity contribution in [2.45, 2.75) is 25.3 Å². The van der Waals surface area contributed by atoms with Crippen molar-refractivity contribution < 1.29 is 0 Å². The van der Waals surface area contributed by atoms with Crippen LogP contribution in [0.4, 0.5) is 5.69 Å². The van der Waals surface area contributed by atoms with Crippen LogP contribution in [-0.4, -0.2) is 14.1 Å². The van der Waals surface area contributed by atoms with Gasteiger partial charge in [-0.1, -0.05) is 6.07 Å². The number of aryl methyl sites for hydroxylation is 1. The Kier molecular flexibility index (Phi) is 2.73. The maximum atomic E-state index is 3.38. The molecule has 2 N–H and O–H groups in total. The summed E-state index contributed by atoms with van der Waals surface area (Å²) in [5.41, 5.74) is 4.21. The van der Waals surface area contributed by atoms with Gasteiger partial charge in [-0.15, -0.1) is 0 Å². The molecule has 0 spiro atoms. The summed E-state index contributed by atoms with van der Waals surface area (Å²) in [6, 6.07) is 7.25. The monoisotopic (exact) mass is 190 g/mol. The normalized spacial score (nSPS) is 20.3. The van der Waals surface area contributed by atoms with Crippen molar-refractivity contribution in [2.75, 3.05) is 19.4 Å². The third-order valence-electron chi connectivity index (χ3n) is 3.09. The maximum Gasteiger partial charge on any atom is 0.0340 e. The quantitative estimate of drug-likeness (QED) is 0.748. The van der Waals surface area contributed by atoms with Crippen LogP contribution >= 0.6 is 0 Å². The van der Waals surface area contributed by atoms with Gasteiger partial charge < -0.3 is 10.6 Å². The number of hydrogen-bond acceptors (Lipinski definition) is 2. The zero-order valence-corrected chi connectivity index (χ0v) is 8.93. The Balaban J connectivity index is 2.35. The van der Waals surface area contributed by atoms with Gasteiger partial charge in [0.25, 0.3) is 0 Å². The summed E-state index contributed by atoms with van der Waals surface area (Å²) in [6.07, 6.45) is 3.79. The molecule has 1 atom stereocenters. The molecule has 0 radical (unpaired) electrons. The number of rotatable bonds is 2. The van der Waals surface area contributed by atoms with E-state index in [2.05, 4.69) is 28.8 Å². The van der Waals surface area contributed by atoms with Gasteiger partial charge in [-0.25, -0.2) is 0 Å². The van der Waals surface area contributed by atoms with Crippen molar-refractivity contribution in [1.82, 2.24) is 5.32 Å². The molecule has 0 aromatic heterocycles. The molecule has 0 saturated carbocycles. The first-order valence-electron chi connectivity index (χ1n) is 5.33. The minimum absolute atomic E-state index is 0.560. The van der Waals surface area contributed by atoms with Crippen molar-refractivity contribution in [1.29, 1.82) is 0 Å². The van der Waals surface area contributed by atoms with Crippen LogP contribution < -0.4 is 10.6 Å². The average molecular weight is 190 g/mol. The van der Waals surface area contributed by atoms with E-state index < -0.39 is 0 Å². The number of benzene rings is 1. The molecule has 0 fully saturated rings. The van der Waals surface area contributed by atoms with Crippen molar-refractivity contribution in [2.24, 2.45) is 0 Å². The predicted octanol–water partition coefficient (Wildman–Crippen LogP) is 2.33. The molecule has 0 saturated heterocycles. The van der Waals surface area contributed by atoms with E-state index in [4.69, 9.17) is 0 Å². The van der Waals surface area contributed by atoms with Crippen LogP contribution in [0.3, 0.4) is 0 Å². The van der Waals surface area contributed by atoms with Gasteiger partial charge in [-0.2, -0.15) is 0 Å². The number of fused-ring (bicyclic) bond motifs is 1. The van der Waals surface area contributed by atoms with E-state index in [1.54, 1.807) is 0 Å². The standard InChI is InChI=1S/C12H18N2/c1-13-10-6-7-11-9(8-10)4-3-5-12(11)14-2/h6-8,12-14H,3-5H2,1-2H3. The lowest BCUT2D eigenvalue weighted by molar-refractivity contribution is 0.497. The molecule has 0 aliphatic heterocycles. The molecule has 14 heavy (non-hydrogen) atoms. The lowest BCUT2D eigenvalue weighted by atomic mass is 9.87. The van der Waals surface area contributed by atoms with Crippen LogP contribution in [0.25, 0.3) is 0 Å². The van der Waals surface area contributed by atoms with E-state index in [1.165, 1.54) is 36.1 Å². The third kappa shape index (κ3) is 1.62. The van der Waals surface area contributed by atoms with E-state index in [0.717, 1.165) is 0 Å². The summed E-state index contributed by atoms with van der Waals surface area (Å²) in [4.78, 5) is 0. The Bertz CT molecular complexity index is 320. The molecule has 2 rings (SSSR count). The van der Waals surface area contributed by atoms with Gasteiger partial charge in [0.05, 0.1) is 0 Å². The molecule has 0 amide bonds. The summed E-state index contributed by atoms with van der Waals surface area (Å²) in [7, 11) is 4.02. The average Bonchev–Trinajstić information content (AvgIpc) is 2.27. The minimum Gasteiger partial charge on any atom is -0.388 e. The summed E-state index contributed by atoms with van der Waals surface area (Å²) >= 11 is 0. The van der Waals surface area contributed by atoms with Crippen LogP contribution in [0.5, 0.6) is 0 Å². The van der Waals surface area contributed by atoms with E-state index >= 15 is 0 Å². The van der Waals surface area contributed by atoms with Crippen LogP contribution in [0.15, 0.2) is 18.2 Å². The van der Waals surface area contributed by atoms with Gasteiger partial charge in [-0.05, 0) is 49.6 Å². The highest BCUT2D eigenvalue weighted by Crippen LogP contribution is 2.30. The molecule has 1 aliphatic carbocycles. The smallest absolute Gasteiger partial charge is 0.0340 e. The largest absolute Gasteiger partial charge is 0.388 e. The zero-order valence-electron chi connectivity index (χ0n) is 8.93. The Morgan fingerprint density at radius 2 is 2.14 bits per heavy atom. The molecule has 0 heterocycles. The van der Waals surface area contributed by atoms with E-state index in [0.29, 0.717) is 6.04 Å². The van der Waals surface area contributed by atoms with Crippen LogP contribution in [0.1, 0.15) is 30.0 Å². The van der Waals surface area contributed by atoms with Gasteiger partial charge in [-0.3, -0.25) is 0 Å². The molecular weight excluding hydrogens is 172 g/mol. The highest BCUT2D eigenvalue weighted by Gasteiger charge is 2.18. The fraction of sp³-hybridized carbons (Fsp3) is 0.500. The van der Waals surface area contributed by atoms with Crippen molar-refractivity contribution in [3.05, 3.63) is 29.3 Å². The van der Waals surface area contributed by atoms with Crippen molar-refractivity contribution in [3.63, 3.8) is 0 Å². The maximum absolute atomic E-state index is 3.38. The molecule has 1 aliphatic rings. The lowest BCUT2D eigenvalue weighted by Gasteiger charge is -2.25. The second kappa shape index (κ2) is 4.01. The topological polar surface area (TPSA) is 24.1 Å². The molecule has 76 valence electrons. The van der Waals surface area contributed by atoms with Gasteiger partial charge in [0.2, 0.25) is 0 Å². The second-order valence-electron chi connectivity index (χ2n) is 3.90. The SMILES string of the molecule is CNc1ccc2c(c1)CCCC2NC. The third-order valence-corrected chi connectivity index (χ3v) is 3.09. The van der Waals surface area contributed by atoms with Crippen LogP contribution in [-0.2, 0) is 6.42 Å². The fourth-order valence-electron chi connectivity index (χ4n) is 2.27. The molecule has 1 aromatic carbocycles. The second-order valence-corrected chi connectivity index (χ2v) is 3.90. The summed E-state index contributed by atoms with van der Waals surface area (Å²) in [5.74, 6) is 0. The summed E-state index contributed by atoms with van der Waals surface area (Å²) in [5, 5.41) is 6.57. The molecule has 0 bridgehead atoms. The molecule has 2 heteroatoms. The van der Waals surface area contributed by atoms with Gasteiger partial charge in [0.1, 0.15) is 0 Å². The molecule has 1 aromatic rings. The minimum atomic E-state index is 0.560. The Morgan fingerprint density at radius 3 is 2.86 bits per heavy atom. The van der Waals surface area contributed by atoms with Crippen LogP contribution in [0.2, 0.25) is 0 Å². The summed E-state index contributed by atoms with van der Waals surface area (Å²) in [6.45, 7) is 0. The molecule has 1 unspecified atom stereocenters. The van der Waals surface area contributed by atoms with Gasteiger partial charge in [0.15, 0.2) is 0 Å². The first-order chi connectivity index (χ1) is 6.85. The van der Waals surface area contributed by atoms with E-state index in [-0.39, 0.29) is 0 Å². The van der Waals surface area contributed by atoms with Gasteiger partial charge in [0, 0.05) is 18.8 Å². The highest BCUT2D eigenvalue weighted by molar-refractivity contribution is 5.49. The number of nitrogens with one attached hydrogen (secondary N) is 2. The van der Waals surface area contributed by atoms with E-state index in [1.807, 2.05) is 14.1 Å². The fourth-order valence-corrected chi connectivity index (χ4v) is 2.27.